The molecule has 39 heavy (non-hydrogen) atoms. The number of aryl methyl sites for hydroxylation is 1. The van der Waals surface area contributed by atoms with Crippen LogP contribution in [0.25, 0.3) is 11.0 Å². The van der Waals surface area contributed by atoms with Crippen LogP contribution in [0.5, 0.6) is 0 Å². The fourth-order valence-corrected chi connectivity index (χ4v) is 6.04. The van der Waals surface area contributed by atoms with Gasteiger partial charge in [0.15, 0.2) is 0 Å². The standard InChI is InChI=1S/C31H30Cl2N6/c32-28-15-23(16-29(33)38-28)18-34-17-21-6-3-7-22(14-21)19-39(20-30-36-25-10-1-2-11-26(25)37-30)27-12-4-8-24-9-5-13-35-31(24)27/h1-3,5-7,9-11,13-16,27,34H,4,8,12,17-20H2,(H,36,37). The Balaban J connectivity index is 1.22. The zero-order valence-corrected chi connectivity index (χ0v) is 23.1. The van der Waals surface area contributed by atoms with Crippen LogP contribution in [0.15, 0.2) is 79.0 Å². The molecule has 5 aromatic rings. The summed E-state index contributed by atoms with van der Waals surface area (Å²) in [7, 11) is 0. The number of imidazole rings is 1. The lowest BCUT2D eigenvalue weighted by atomic mass is 9.90. The zero-order chi connectivity index (χ0) is 26.6. The number of hydrogen-bond acceptors (Lipinski definition) is 5. The molecule has 3 heterocycles. The van der Waals surface area contributed by atoms with E-state index in [1.807, 2.05) is 30.5 Å². The van der Waals surface area contributed by atoms with Gasteiger partial charge in [0.1, 0.15) is 16.1 Å². The lowest BCUT2D eigenvalue weighted by molar-refractivity contribution is 0.153. The number of hydrogen-bond donors (Lipinski definition) is 2. The minimum absolute atomic E-state index is 0.242. The molecule has 2 N–H and O–H groups in total. The smallest absolute Gasteiger partial charge is 0.131 e. The minimum atomic E-state index is 0.242. The summed E-state index contributed by atoms with van der Waals surface area (Å²) in [4.78, 5) is 19.8. The van der Waals surface area contributed by atoms with Crippen LogP contribution in [0.1, 0.15) is 52.7 Å². The molecule has 6 rings (SSSR count). The molecule has 0 saturated heterocycles. The van der Waals surface area contributed by atoms with Gasteiger partial charge in [-0.05, 0) is 71.8 Å². The Morgan fingerprint density at radius 2 is 1.67 bits per heavy atom. The van der Waals surface area contributed by atoms with Gasteiger partial charge in [-0.15, -0.1) is 0 Å². The van der Waals surface area contributed by atoms with Crippen LogP contribution in [0.4, 0.5) is 0 Å². The van der Waals surface area contributed by atoms with Gasteiger partial charge in [-0.2, -0.15) is 0 Å². The SMILES string of the molecule is Clc1cc(CNCc2cccc(CN(Cc3nc4ccccc4[nH]3)C3CCCc4cccnc43)c2)cc(Cl)n1. The second-order valence-corrected chi connectivity index (χ2v) is 10.9. The van der Waals surface area contributed by atoms with E-state index in [1.165, 1.54) is 22.4 Å². The molecular formula is C31H30Cl2N6. The summed E-state index contributed by atoms with van der Waals surface area (Å²) in [5.41, 5.74) is 8.13. The van der Waals surface area contributed by atoms with Crippen LogP contribution < -0.4 is 5.32 Å². The number of aromatic nitrogens is 4. The second-order valence-electron chi connectivity index (χ2n) is 10.1. The van der Waals surface area contributed by atoms with E-state index in [0.29, 0.717) is 16.9 Å². The number of halogens is 2. The lowest BCUT2D eigenvalue weighted by Gasteiger charge is -2.34. The predicted molar refractivity (Wildman–Crippen MR) is 156 cm³/mol. The van der Waals surface area contributed by atoms with Gasteiger partial charge in [0.25, 0.3) is 0 Å². The maximum atomic E-state index is 6.05. The Morgan fingerprint density at radius 3 is 2.54 bits per heavy atom. The van der Waals surface area contributed by atoms with Gasteiger partial charge < -0.3 is 10.3 Å². The van der Waals surface area contributed by atoms with Gasteiger partial charge in [-0.25, -0.2) is 9.97 Å². The molecule has 0 amide bonds. The molecule has 0 spiro atoms. The number of H-pyrrole nitrogens is 1. The molecule has 6 nitrogen and oxygen atoms in total. The number of nitrogens with one attached hydrogen (secondary N) is 2. The maximum Gasteiger partial charge on any atom is 0.131 e. The molecule has 8 heteroatoms. The third-order valence-corrected chi connectivity index (χ3v) is 7.64. The summed E-state index contributed by atoms with van der Waals surface area (Å²) in [6, 6.07) is 25.2. The number of benzene rings is 2. The van der Waals surface area contributed by atoms with Gasteiger partial charge in [0.05, 0.1) is 29.3 Å². The average molecular weight is 558 g/mol. The molecule has 1 aliphatic carbocycles. The van der Waals surface area contributed by atoms with E-state index >= 15 is 0 Å². The van der Waals surface area contributed by atoms with Crippen LogP contribution in [0.3, 0.4) is 0 Å². The fourth-order valence-electron chi connectivity index (χ4n) is 5.53. The van der Waals surface area contributed by atoms with Crippen LogP contribution in [0, 0.1) is 0 Å². The highest BCUT2D eigenvalue weighted by Crippen LogP contribution is 2.34. The van der Waals surface area contributed by atoms with E-state index in [4.69, 9.17) is 33.2 Å². The fraction of sp³-hybridized carbons (Fsp3) is 0.258. The number of nitrogens with zero attached hydrogens (tertiary/aromatic N) is 4. The van der Waals surface area contributed by atoms with E-state index in [9.17, 15) is 0 Å². The highest BCUT2D eigenvalue weighted by molar-refractivity contribution is 6.32. The van der Waals surface area contributed by atoms with Crippen LogP contribution >= 0.6 is 23.2 Å². The quantitative estimate of drug-likeness (QED) is 0.191. The first-order valence-electron chi connectivity index (χ1n) is 13.3. The van der Waals surface area contributed by atoms with Crippen LogP contribution in [0.2, 0.25) is 10.3 Å². The Kier molecular flexibility index (Phi) is 7.88. The van der Waals surface area contributed by atoms with Crippen molar-refractivity contribution >= 4 is 34.2 Å². The summed E-state index contributed by atoms with van der Waals surface area (Å²) < 4.78 is 0. The van der Waals surface area contributed by atoms with Crippen molar-refractivity contribution in [2.75, 3.05) is 0 Å². The molecule has 0 radical (unpaired) electrons. The average Bonchev–Trinajstić information content (AvgIpc) is 3.35. The summed E-state index contributed by atoms with van der Waals surface area (Å²) in [6.07, 6.45) is 5.26. The van der Waals surface area contributed by atoms with Crippen molar-refractivity contribution in [3.63, 3.8) is 0 Å². The molecule has 1 atom stereocenters. The minimum Gasteiger partial charge on any atom is -0.341 e. The van der Waals surface area contributed by atoms with Crippen molar-refractivity contribution in [2.24, 2.45) is 0 Å². The number of aromatic amines is 1. The number of pyridine rings is 2. The lowest BCUT2D eigenvalue weighted by Crippen LogP contribution is -2.32. The molecule has 1 aliphatic rings. The molecule has 0 saturated carbocycles. The van der Waals surface area contributed by atoms with Crippen molar-refractivity contribution in [2.45, 2.75) is 51.5 Å². The molecule has 0 aliphatic heterocycles. The molecule has 198 valence electrons. The monoisotopic (exact) mass is 556 g/mol. The topological polar surface area (TPSA) is 69.7 Å². The van der Waals surface area contributed by atoms with Gasteiger partial charge in [0.2, 0.25) is 0 Å². The van der Waals surface area contributed by atoms with Crippen LogP contribution in [-0.4, -0.2) is 24.8 Å². The van der Waals surface area contributed by atoms with Gasteiger partial charge >= 0.3 is 0 Å². The van der Waals surface area contributed by atoms with Crippen molar-refractivity contribution in [3.8, 4) is 0 Å². The second kappa shape index (κ2) is 11.8. The van der Waals surface area contributed by atoms with E-state index in [1.54, 1.807) is 0 Å². The first kappa shape index (κ1) is 26.0. The molecule has 0 fully saturated rings. The van der Waals surface area contributed by atoms with Crippen molar-refractivity contribution < 1.29 is 0 Å². The Labute approximate surface area is 238 Å². The summed E-state index contributed by atoms with van der Waals surface area (Å²) in [5.74, 6) is 0.978. The normalized spacial score (nSPS) is 15.1. The number of para-hydroxylation sites is 2. The summed E-state index contributed by atoms with van der Waals surface area (Å²) in [6.45, 7) is 2.93. The number of rotatable bonds is 9. The van der Waals surface area contributed by atoms with E-state index < -0.39 is 0 Å². The van der Waals surface area contributed by atoms with Crippen molar-refractivity contribution in [1.29, 1.82) is 0 Å². The number of fused-ring (bicyclic) bond motifs is 2. The van der Waals surface area contributed by atoms with Gasteiger partial charge in [-0.1, -0.05) is 65.7 Å². The van der Waals surface area contributed by atoms with E-state index in [-0.39, 0.29) is 6.04 Å². The van der Waals surface area contributed by atoms with Crippen LogP contribution in [-0.2, 0) is 32.6 Å². The molecule has 3 aromatic heterocycles. The summed E-state index contributed by atoms with van der Waals surface area (Å²) in [5, 5.41) is 4.31. The molecule has 2 aromatic carbocycles. The maximum absolute atomic E-state index is 6.05. The summed E-state index contributed by atoms with van der Waals surface area (Å²) >= 11 is 12.1. The Morgan fingerprint density at radius 1 is 0.846 bits per heavy atom. The third kappa shape index (κ3) is 6.31. The van der Waals surface area contributed by atoms with Gasteiger partial charge in [0, 0.05) is 25.8 Å². The largest absolute Gasteiger partial charge is 0.341 e. The van der Waals surface area contributed by atoms with E-state index in [2.05, 4.69) is 68.7 Å². The Bertz CT molecular complexity index is 1530. The molecule has 1 unspecified atom stereocenters. The van der Waals surface area contributed by atoms with Crippen molar-refractivity contribution in [1.82, 2.24) is 30.2 Å². The predicted octanol–water partition coefficient (Wildman–Crippen LogP) is 7.03. The molecular weight excluding hydrogens is 527 g/mol. The van der Waals surface area contributed by atoms with E-state index in [0.717, 1.165) is 61.3 Å². The van der Waals surface area contributed by atoms with Gasteiger partial charge in [-0.3, -0.25) is 9.88 Å². The third-order valence-electron chi connectivity index (χ3n) is 7.26. The highest BCUT2D eigenvalue weighted by atomic mass is 35.5. The Hall–Kier alpha value is -3.29. The first-order chi connectivity index (χ1) is 19.1. The molecule has 0 bridgehead atoms. The highest BCUT2D eigenvalue weighted by Gasteiger charge is 2.28. The zero-order valence-electron chi connectivity index (χ0n) is 21.6. The van der Waals surface area contributed by atoms with Crippen molar-refractivity contribution in [3.05, 3.63) is 123 Å². The first-order valence-corrected chi connectivity index (χ1v) is 14.1.